The van der Waals surface area contributed by atoms with Gasteiger partial charge < -0.3 is 15.1 Å². The number of piperidine rings is 1. The summed E-state index contributed by atoms with van der Waals surface area (Å²) in [5, 5.41) is 21.8. The molecule has 1 aliphatic rings. The lowest BCUT2D eigenvalue weighted by atomic mass is 9.66. The van der Waals surface area contributed by atoms with Crippen LogP contribution in [0.1, 0.15) is 77.0 Å². The molecule has 2 aromatic carbocycles. The summed E-state index contributed by atoms with van der Waals surface area (Å²) in [6, 6.07) is 14.3. The Balaban J connectivity index is 2.28. The third-order valence-electron chi connectivity index (χ3n) is 7.60. The molecule has 1 unspecified atom stereocenters. The van der Waals surface area contributed by atoms with Crippen LogP contribution in [0, 0.1) is 11.3 Å². The van der Waals surface area contributed by atoms with E-state index in [4.69, 9.17) is 23.2 Å². The molecule has 5 nitrogen and oxygen atoms in total. The van der Waals surface area contributed by atoms with Crippen LogP contribution in [-0.4, -0.2) is 38.6 Å². The van der Waals surface area contributed by atoms with E-state index in [9.17, 15) is 19.8 Å². The maximum atomic E-state index is 14.2. The number of amides is 1. The standard InChI is InChI=1S/C28H35Cl2NO4/c1-6-23(17(2)27(3,4)35)31-25(18-10-12-20(29)13-11-18)22(19-8-7-9-21(30)14-19)15-28(5,26(31)34)16-24(32)33/h7-14,17,22-23,25,35H,6,15-16H2,1-5H3,(H,32,33)/t17-,22-,23?,25-,28-/m1/s1. The number of hydrogen-bond acceptors (Lipinski definition) is 3. The highest BCUT2D eigenvalue weighted by atomic mass is 35.5. The summed E-state index contributed by atoms with van der Waals surface area (Å²) in [4.78, 5) is 28.0. The maximum absolute atomic E-state index is 14.2. The van der Waals surface area contributed by atoms with Crippen LogP contribution in [-0.2, 0) is 9.59 Å². The minimum absolute atomic E-state index is 0.207. The van der Waals surface area contributed by atoms with Gasteiger partial charge in [-0.3, -0.25) is 9.59 Å². The van der Waals surface area contributed by atoms with Gasteiger partial charge >= 0.3 is 5.97 Å². The second-order valence-corrected chi connectivity index (χ2v) is 11.5. The van der Waals surface area contributed by atoms with Crippen LogP contribution in [0.5, 0.6) is 0 Å². The highest BCUT2D eigenvalue weighted by Crippen LogP contribution is 2.53. The van der Waals surface area contributed by atoms with Gasteiger partial charge in [-0.1, -0.05) is 68.2 Å². The normalized spacial score (nSPS) is 24.8. The fourth-order valence-corrected chi connectivity index (χ4v) is 5.83. The predicted octanol–water partition coefficient (Wildman–Crippen LogP) is 6.72. The van der Waals surface area contributed by atoms with Crippen LogP contribution in [0.3, 0.4) is 0 Å². The SMILES string of the molecule is CCC([C@@H](C)C(C)(C)O)N1C(=O)[C@@](C)(CC(=O)O)C[C@H](c2cccc(Cl)c2)[C@H]1c1ccc(Cl)cc1. The molecule has 1 saturated heterocycles. The molecule has 7 heteroatoms. The number of aliphatic carboxylic acids is 1. The average molecular weight is 520 g/mol. The smallest absolute Gasteiger partial charge is 0.304 e. The number of hydrogen-bond donors (Lipinski definition) is 2. The second-order valence-electron chi connectivity index (χ2n) is 10.6. The first-order chi connectivity index (χ1) is 16.3. The van der Waals surface area contributed by atoms with Crippen molar-refractivity contribution in [2.75, 3.05) is 0 Å². The number of carboxylic acid groups (broad SMARTS) is 1. The molecule has 0 aliphatic carbocycles. The third kappa shape index (κ3) is 5.84. The zero-order valence-electron chi connectivity index (χ0n) is 21.0. The second kappa shape index (κ2) is 10.5. The molecule has 0 radical (unpaired) electrons. The maximum Gasteiger partial charge on any atom is 0.304 e. The summed E-state index contributed by atoms with van der Waals surface area (Å²) in [7, 11) is 0. The summed E-state index contributed by atoms with van der Waals surface area (Å²) in [5.41, 5.74) is -0.310. The van der Waals surface area contributed by atoms with E-state index in [0.29, 0.717) is 22.9 Å². The molecule has 0 aromatic heterocycles. The van der Waals surface area contributed by atoms with E-state index in [2.05, 4.69) is 0 Å². The number of carbonyl (C=O) groups excluding carboxylic acids is 1. The van der Waals surface area contributed by atoms with E-state index in [0.717, 1.165) is 11.1 Å². The lowest BCUT2D eigenvalue weighted by molar-refractivity contribution is -0.164. The molecule has 1 aliphatic heterocycles. The van der Waals surface area contributed by atoms with Crippen molar-refractivity contribution < 1.29 is 19.8 Å². The minimum Gasteiger partial charge on any atom is -0.481 e. The highest BCUT2D eigenvalue weighted by Gasteiger charge is 2.53. The summed E-state index contributed by atoms with van der Waals surface area (Å²) in [5.74, 6) is -1.70. The molecule has 35 heavy (non-hydrogen) atoms. The van der Waals surface area contributed by atoms with E-state index in [1.54, 1.807) is 39.0 Å². The number of likely N-dealkylation sites (tertiary alicyclic amines) is 1. The van der Waals surface area contributed by atoms with Crippen LogP contribution in [0.2, 0.25) is 10.0 Å². The van der Waals surface area contributed by atoms with Crippen molar-refractivity contribution in [3.63, 3.8) is 0 Å². The molecule has 1 heterocycles. The fourth-order valence-electron chi connectivity index (χ4n) is 5.51. The number of aliphatic hydroxyl groups is 1. The predicted molar refractivity (Wildman–Crippen MR) is 140 cm³/mol. The Hall–Kier alpha value is -2.08. The van der Waals surface area contributed by atoms with E-state index in [1.807, 2.05) is 49.1 Å². The molecule has 3 rings (SSSR count). The van der Waals surface area contributed by atoms with Gasteiger partial charge in [-0.2, -0.15) is 0 Å². The molecule has 2 aromatic rings. The zero-order valence-corrected chi connectivity index (χ0v) is 22.5. The van der Waals surface area contributed by atoms with E-state index in [-0.39, 0.29) is 36.2 Å². The molecule has 2 N–H and O–H groups in total. The Bertz CT molecular complexity index is 1070. The molecular weight excluding hydrogens is 485 g/mol. The minimum atomic E-state index is -1.12. The van der Waals surface area contributed by atoms with Crippen molar-refractivity contribution in [3.05, 3.63) is 69.7 Å². The van der Waals surface area contributed by atoms with Gasteiger partial charge in [0.05, 0.1) is 23.5 Å². The van der Waals surface area contributed by atoms with E-state index < -0.39 is 17.0 Å². The van der Waals surface area contributed by atoms with Gasteiger partial charge in [0, 0.05) is 27.9 Å². The van der Waals surface area contributed by atoms with Gasteiger partial charge in [0.15, 0.2) is 0 Å². The van der Waals surface area contributed by atoms with Crippen molar-refractivity contribution >= 4 is 35.1 Å². The number of nitrogens with zero attached hydrogens (tertiary/aromatic N) is 1. The molecule has 190 valence electrons. The number of halogens is 2. The zero-order chi connectivity index (χ0) is 26.1. The van der Waals surface area contributed by atoms with Gasteiger partial charge in [0.1, 0.15) is 0 Å². The highest BCUT2D eigenvalue weighted by molar-refractivity contribution is 6.30. The van der Waals surface area contributed by atoms with Crippen molar-refractivity contribution in [1.29, 1.82) is 0 Å². The number of benzene rings is 2. The van der Waals surface area contributed by atoms with Gasteiger partial charge in [0.25, 0.3) is 0 Å². The molecular formula is C28H35Cl2NO4. The number of carbonyl (C=O) groups is 2. The summed E-state index contributed by atoms with van der Waals surface area (Å²) in [6.45, 7) is 9.18. The molecule has 1 fully saturated rings. The quantitative estimate of drug-likeness (QED) is 0.405. The lowest BCUT2D eigenvalue weighted by Gasteiger charge is -2.54. The van der Waals surface area contributed by atoms with Gasteiger partial charge in [-0.15, -0.1) is 0 Å². The monoisotopic (exact) mass is 519 g/mol. The van der Waals surface area contributed by atoms with E-state index >= 15 is 0 Å². The Morgan fingerprint density at radius 2 is 1.77 bits per heavy atom. The van der Waals surface area contributed by atoms with Crippen LogP contribution >= 0.6 is 23.2 Å². The Kier molecular flexibility index (Phi) is 8.25. The molecule has 1 amide bonds. The average Bonchev–Trinajstić information content (AvgIpc) is 2.76. The van der Waals surface area contributed by atoms with Crippen molar-refractivity contribution in [1.82, 2.24) is 4.90 Å². The third-order valence-corrected chi connectivity index (χ3v) is 8.09. The van der Waals surface area contributed by atoms with Crippen molar-refractivity contribution in [3.8, 4) is 0 Å². The van der Waals surface area contributed by atoms with Crippen LogP contribution in [0.25, 0.3) is 0 Å². The number of rotatable bonds is 8. The molecule has 0 spiro atoms. The van der Waals surface area contributed by atoms with Crippen molar-refractivity contribution in [2.24, 2.45) is 11.3 Å². The first kappa shape index (κ1) is 27.5. The van der Waals surface area contributed by atoms with Crippen LogP contribution in [0.4, 0.5) is 0 Å². The first-order valence-electron chi connectivity index (χ1n) is 12.1. The van der Waals surface area contributed by atoms with Gasteiger partial charge in [-0.25, -0.2) is 0 Å². The number of carboxylic acids is 1. The van der Waals surface area contributed by atoms with E-state index in [1.165, 1.54) is 0 Å². The van der Waals surface area contributed by atoms with Crippen LogP contribution < -0.4 is 0 Å². The van der Waals surface area contributed by atoms with Gasteiger partial charge in [-0.05, 0) is 62.1 Å². The topological polar surface area (TPSA) is 77.8 Å². The summed E-state index contributed by atoms with van der Waals surface area (Å²) in [6.07, 6.45) is 0.683. The molecule has 0 saturated carbocycles. The van der Waals surface area contributed by atoms with Crippen LogP contribution in [0.15, 0.2) is 48.5 Å². The first-order valence-corrected chi connectivity index (χ1v) is 12.8. The fraction of sp³-hybridized carbons (Fsp3) is 0.500. The summed E-state index contributed by atoms with van der Waals surface area (Å²) < 4.78 is 0. The lowest BCUT2D eigenvalue weighted by Crippen LogP contribution is -2.59. The Morgan fingerprint density at radius 3 is 2.29 bits per heavy atom. The largest absolute Gasteiger partial charge is 0.481 e. The molecule has 0 bridgehead atoms. The molecule has 5 atom stereocenters. The van der Waals surface area contributed by atoms with Crippen molar-refractivity contribution in [2.45, 2.75) is 77.5 Å². The Labute approximate surface area is 218 Å². The summed E-state index contributed by atoms with van der Waals surface area (Å²) >= 11 is 12.6. The Morgan fingerprint density at radius 1 is 1.14 bits per heavy atom. The van der Waals surface area contributed by atoms with Gasteiger partial charge in [0.2, 0.25) is 5.91 Å².